The van der Waals surface area contributed by atoms with Crippen LogP contribution in [0.5, 0.6) is 0 Å². The number of aryl methyl sites for hydroxylation is 2. The number of rotatable bonds is 4. The summed E-state index contributed by atoms with van der Waals surface area (Å²) in [4.78, 5) is 10.9. The monoisotopic (exact) mass is 255 g/mol. The van der Waals surface area contributed by atoms with Crippen molar-refractivity contribution in [3.05, 3.63) is 34.9 Å². The first kappa shape index (κ1) is 13.7. The average Bonchev–Trinajstić information content (AvgIpc) is 2.21. The Morgan fingerprint density at radius 2 is 1.94 bits per heavy atom. The quantitative estimate of drug-likeness (QED) is 0.875. The molecule has 5 heteroatoms. The molecular formula is C12H17NO3S. The van der Waals surface area contributed by atoms with E-state index in [0.29, 0.717) is 0 Å². The highest BCUT2D eigenvalue weighted by atomic mass is 32.2. The number of sulfone groups is 1. The summed E-state index contributed by atoms with van der Waals surface area (Å²) in [7, 11) is -3.53. The molecule has 0 fully saturated rings. The van der Waals surface area contributed by atoms with Crippen molar-refractivity contribution in [3.8, 4) is 0 Å². The van der Waals surface area contributed by atoms with Gasteiger partial charge in [-0.3, -0.25) is 4.79 Å². The average molecular weight is 255 g/mol. The molecule has 1 aromatic rings. The molecule has 0 aliphatic carbocycles. The second kappa shape index (κ2) is 4.87. The molecule has 2 N–H and O–H groups in total. The topological polar surface area (TPSA) is 77.2 Å². The number of amides is 1. The van der Waals surface area contributed by atoms with Crippen molar-refractivity contribution in [2.75, 3.05) is 0 Å². The van der Waals surface area contributed by atoms with Crippen molar-refractivity contribution in [2.45, 2.75) is 31.8 Å². The second-order valence-corrected chi connectivity index (χ2v) is 6.60. The van der Waals surface area contributed by atoms with Gasteiger partial charge in [-0.1, -0.05) is 23.8 Å². The van der Waals surface area contributed by atoms with Crippen molar-refractivity contribution >= 4 is 15.7 Å². The molecule has 0 aliphatic heterocycles. The van der Waals surface area contributed by atoms with Gasteiger partial charge in [-0.05, 0) is 31.9 Å². The van der Waals surface area contributed by atoms with Crippen molar-refractivity contribution < 1.29 is 13.2 Å². The standard InChI is InChI=1S/C12H17NO3S/c1-8-4-5-9(2)11(6-8)7-17(15,16)10(3)12(13)14/h4-6,10H,7H2,1-3H3,(H2,13,14). The van der Waals surface area contributed by atoms with Crippen LogP contribution in [0.15, 0.2) is 18.2 Å². The van der Waals surface area contributed by atoms with Crippen molar-refractivity contribution in [1.82, 2.24) is 0 Å². The number of hydrogen-bond acceptors (Lipinski definition) is 3. The van der Waals surface area contributed by atoms with Gasteiger partial charge < -0.3 is 5.73 Å². The van der Waals surface area contributed by atoms with Crippen molar-refractivity contribution in [3.63, 3.8) is 0 Å². The van der Waals surface area contributed by atoms with E-state index in [1.165, 1.54) is 6.92 Å². The number of carbonyl (C=O) groups excluding carboxylic acids is 1. The highest BCUT2D eigenvalue weighted by Crippen LogP contribution is 2.16. The molecule has 0 aliphatic rings. The fourth-order valence-electron chi connectivity index (χ4n) is 1.47. The van der Waals surface area contributed by atoms with Crippen LogP contribution < -0.4 is 5.73 Å². The molecule has 94 valence electrons. The van der Waals surface area contributed by atoms with Crippen LogP contribution in [-0.4, -0.2) is 19.6 Å². The first-order valence-corrected chi connectivity index (χ1v) is 7.02. The molecule has 0 aromatic heterocycles. The zero-order valence-corrected chi connectivity index (χ0v) is 11.0. The first-order valence-electron chi connectivity index (χ1n) is 5.31. The number of nitrogens with two attached hydrogens (primary N) is 1. The summed E-state index contributed by atoms with van der Waals surface area (Å²) in [6.45, 7) is 5.06. The fourth-order valence-corrected chi connectivity index (χ4v) is 2.82. The van der Waals surface area contributed by atoms with Crippen LogP contribution in [-0.2, 0) is 20.4 Å². The Hall–Kier alpha value is -1.36. The molecule has 1 amide bonds. The van der Waals surface area contributed by atoms with Crippen LogP contribution in [0, 0.1) is 13.8 Å². The Labute approximate surface area is 102 Å². The van der Waals surface area contributed by atoms with Gasteiger partial charge in [0.2, 0.25) is 5.91 Å². The third-order valence-electron chi connectivity index (χ3n) is 2.80. The largest absolute Gasteiger partial charge is 0.369 e. The Kier molecular flexibility index (Phi) is 3.93. The fraction of sp³-hybridized carbons (Fsp3) is 0.417. The lowest BCUT2D eigenvalue weighted by molar-refractivity contribution is -0.117. The minimum absolute atomic E-state index is 0.148. The van der Waals surface area contributed by atoms with E-state index in [1.54, 1.807) is 0 Å². The molecule has 1 aromatic carbocycles. The molecule has 17 heavy (non-hydrogen) atoms. The molecule has 1 unspecified atom stereocenters. The van der Waals surface area contributed by atoms with Crippen molar-refractivity contribution in [2.24, 2.45) is 5.73 Å². The Balaban J connectivity index is 3.06. The number of hydrogen-bond donors (Lipinski definition) is 1. The van der Waals surface area contributed by atoms with Crippen LogP contribution in [0.3, 0.4) is 0 Å². The van der Waals surface area contributed by atoms with Gasteiger partial charge >= 0.3 is 0 Å². The second-order valence-electron chi connectivity index (χ2n) is 4.28. The van der Waals surface area contributed by atoms with Crippen LogP contribution in [0.4, 0.5) is 0 Å². The molecule has 0 heterocycles. The van der Waals surface area contributed by atoms with E-state index in [4.69, 9.17) is 5.73 Å². The molecular weight excluding hydrogens is 238 g/mol. The third kappa shape index (κ3) is 3.30. The molecule has 0 spiro atoms. The van der Waals surface area contributed by atoms with Gasteiger partial charge in [-0.15, -0.1) is 0 Å². The minimum Gasteiger partial charge on any atom is -0.369 e. The van der Waals surface area contributed by atoms with Gasteiger partial charge in [0.1, 0.15) is 5.25 Å². The number of carbonyl (C=O) groups is 1. The summed E-state index contributed by atoms with van der Waals surface area (Å²) in [6.07, 6.45) is 0. The summed E-state index contributed by atoms with van der Waals surface area (Å²) in [5, 5.41) is -1.15. The van der Waals surface area contributed by atoms with Gasteiger partial charge in [0.05, 0.1) is 5.75 Å². The van der Waals surface area contributed by atoms with Crippen LogP contribution in [0.2, 0.25) is 0 Å². The van der Waals surface area contributed by atoms with E-state index in [-0.39, 0.29) is 5.75 Å². The molecule has 4 nitrogen and oxygen atoms in total. The highest BCUT2D eigenvalue weighted by Gasteiger charge is 2.26. The van der Waals surface area contributed by atoms with E-state index >= 15 is 0 Å². The Morgan fingerprint density at radius 3 is 2.47 bits per heavy atom. The Morgan fingerprint density at radius 1 is 1.35 bits per heavy atom. The number of primary amides is 1. The molecule has 0 bridgehead atoms. The maximum absolute atomic E-state index is 11.9. The van der Waals surface area contributed by atoms with E-state index in [2.05, 4.69) is 0 Å². The van der Waals surface area contributed by atoms with Gasteiger partial charge in [0, 0.05) is 0 Å². The van der Waals surface area contributed by atoms with E-state index in [9.17, 15) is 13.2 Å². The zero-order valence-electron chi connectivity index (χ0n) is 10.2. The minimum atomic E-state index is -3.53. The van der Waals surface area contributed by atoms with Crippen LogP contribution >= 0.6 is 0 Å². The molecule has 0 saturated carbocycles. The maximum atomic E-state index is 11.9. The van der Waals surface area contributed by atoms with Crippen LogP contribution in [0.1, 0.15) is 23.6 Å². The van der Waals surface area contributed by atoms with Gasteiger partial charge in [0.15, 0.2) is 9.84 Å². The summed E-state index contributed by atoms with van der Waals surface area (Å²) < 4.78 is 23.8. The third-order valence-corrected chi connectivity index (χ3v) is 4.82. The van der Waals surface area contributed by atoms with Gasteiger partial charge in [-0.2, -0.15) is 0 Å². The Bertz CT molecular complexity index is 535. The summed E-state index contributed by atoms with van der Waals surface area (Å²) >= 11 is 0. The van der Waals surface area contributed by atoms with Crippen molar-refractivity contribution in [1.29, 1.82) is 0 Å². The first-order chi connectivity index (χ1) is 7.74. The normalized spacial score (nSPS) is 13.4. The van der Waals surface area contributed by atoms with E-state index in [0.717, 1.165) is 16.7 Å². The summed E-state index contributed by atoms with van der Waals surface area (Å²) in [5.74, 6) is -0.958. The number of benzene rings is 1. The lowest BCUT2D eigenvalue weighted by atomic mass is 10.1. The molecule has 1 rings (SSSR count). The molecule has 1 atom stereocenters. The van der Waals surface area contributed by atoms with E-state index in [1.807, 2.05) is 32.0 Å². The lowest BCUT2D eigenvalue weighted by Crippen LogP contribution is -2.34. The summed E-state index contributed by atoms with van der Waals surface area (Å²) in [5.41, 5.74) is 7.64. The zero-order chi connectivity index (χ0) is 13.2. The lowest BCUT2D eigenvalue weighted by Gasteiger charge is -2.11. The van der Waals surface area contributed by atoms with Crippen LogP contribution in [0.25, 0.3) is 0 Å². The smallest absolute Gasteiger partial charge is 0.235 e. The molecule has 0 saturated heterocycles. The highest BCUT2D eigenvalue weighted by molar-refractivity contribution is 7.92. The maximum Gasteiger partial charge on any atom is 0.235 e. The molecule has 0 radical (unpaired) electrons. The predicted octanol–water partition coefficient (Wildman–Crippen LogP) is 1.09. The van der Waals surface area contributed by atoms with Gasteiger partial charge in [0.25, 0.3) is 0 Å². The van der Waals surface area contributed by atoms with E-state index < -0.39 is 21.0 Å². The SMILES string of the molecule is Cc1ccc(C)c(CS(=O)(=O)C(C)C(N)=O)c1. The summed E-state index contributed by atoms with van der Waals surface area (Å²) in [6, 6.07) is 5.61. The predicted molar refractivity (Wildman–Crippen MR) is 67.2 cm³/mol. The van der Waals surface area contributed by atoms with Gasteiger partial charge in [-0.25, -0.2) is 8.42 Å².